The molecule has 1 heterocycles. The molecule has 2 N–H and O–H groups in total. The van der Waals surface area contributed by atoms with Gasteiger partial charge in [-0.1, -0.05) is 0 Å². The fourth-order valence-corrected chi connectivity index (χ4v) is 2.26. The Morgan fingerprint density at radius 1 is 1.53 bits per heavy atom. The highest BCUT2D eigenvalue weighted by Crippen LogP contribution is 2.27. The van der Waals surface area contributed by atoms with E-state index in [4.69, 9.17) is 9.84 Å². The molecule has 2 unspecified atom stereocenters. The molecule has 5 heteroatoms. The van der Waals surface area contributed by atoms with Gasteiger partial charge in [0.2, 0.25) is 5.91 Å². The molecule has 0 aromatic heterocycles. The van der Waals surface area contributed by atoms with Crippen LogP contribution >= 0.6 is 0 Å². The molecule has 0 aromatic carbocycles. The molecule has 1 saturated heterocycles. The number of carbonyl (C=O) groups excluding carboxylic acids is 1. The summed E-state index contributed by atoms with van der Waals surface area (Å²) in [5, 5.41) is 11.5. The van der Waals surface area contributed by atoms with Crippen LogP contribution in [0, 0.1) is 0 Å². The van der Waals surface area contributed by atoms with Crippen molar-refractivity contribution in [2.45, 2.75) is 44.9 Å². The van der Waals surface area contributed by atoms with Gasteiger partial charge in [-0.25, -0.2) is 0 Å². The van der Waals surface area contributed by atoms with Crippen molar-refractivity contribution in [3.8, 4) is 0 Å². The molecule has 5 nitrogen and oxygen atoms in total. The SMILES string of the molecule is COC1CC(C(=O)NCCO)N(C(C)(C)C)C1. The van der Waals surface area contributed by atoms with Gasteiger partial charge in [-0.05, 0) is 27.2 Å². The Kier molecular flexibility index (Phi) is 4.91. The minimum absolute atomic E-state index is 0.0199. The third-order valence-corrected chi connectivity index (χ3v) is 3.17. The molecule has 1 fully saturated rings. The Balaban J connectivity index is 2.69. The lowest BCUT2D eigenvalue weighted by atomic mass is 10.0. The second kappa shape index (κ2) is 5.80. The van der Waals surface area contributed by atoms with Gasteiger partial charge in [0.05, 0.1) is 18.8 Å². The van der Waals surface area contributed by atoms with Crippen molar-refractivity contribution in [3.05, 3.63) is 0 Å². The average Bonchev–Trinajstić information content (AvgIpc) is 2.69. The van der Waals surface area contributed by atoms with Crippen molar-refractivity contribution in [2.24, 2.45) is 0 Å². The maximum Gasteiger partial charge on any atom is 0.237 e. The molecular weight excluding hydrogens is 220 g/mol. The first-order chi connectivity index (χ1) is 7.90. The summed E-state index contributed by atoms with van der Waals surface area (Å²) in [5.74, 6) is -0.0199. The zero-order chi connectivity index (χ0) is 13.1. The van der Waals surface area contributed by atoms with Crippen molar-refractivity contribution >= 4 is 5.91 Å². The van der Waals surface area contributed by atoms with Crippen LogP contribution in [0.5, 0.6) is 0 Å². The predicted molar refractivity (Wildman–Crippen MR) is 65.8 cm³/mol. The summed E-state index contributed by atoms with van der Waals surface area (Å²) in [6, 6.07) is -0.161. The van der Waals surface area contributed by atoms with Crippen molar-refractivity contribution in [2.75, 3.05) is 26.8 Å². The summed E-state index contributed by atoms with van der Waals surface area (Å²) in [6.45, 7) is 7.34. The van der Waals surface area contributed by atoms with Crippen LogP contribution in [0.25, 0.3) is 0 Å². The van der Waals surface area contributed by atoms with Crippen LogP contribution in [0.15, 0.2) is 0 Å². The van der Waals surface area contributed by atoms with Crippen LogP contribution in [0.1, 0.15) is 27.2 Å². The maximum atomic E-state index is 12.0. The topological polar surface area (TPSA) is 61.8 Å². The van der Waals surface area contributed by atoms with Crippen LogP contribution in [0.2, 0.25) is 0 Å². The average molecular weight is 244 g/mol. The van der Waals surface area contributed by atoms with E-state index in [1.165, 1.54) is 0 Å². The Labute approximate surface area is 103 Å². The molecule has 0 bridgehead atoms. The molecule has 17 heavy (non-hydrogen) atoms. The van der Waals surface area contributed by atoms with Crippen LogP contribution in [-0.2, 0) is 9.53 Å². The lowest BCUT2D eigenvalue weighted by Gasteiger charge is -2.36. The fourth-order valence-electron chi connectivity index (χ4n) is 2.26. The molecule has 0 aliphatic carbocycles. The first-order valence-electron chi connectivity index (χ1n) is 6.08. The van der Waals surface area contributed by atoms with Gasteiger partial charge in [0.15, 0.2) is 0 Å². The molecule has 0 radical (unpaired) electrons. The highest BCUT2D eigenvalue weighted by atomic mass is 16.5. The van der Waals surface area contributed by atoms with Crippen LogP contribution in [0.3, 0.4) is 0 Å². The van der Waals surface area contributed by atoms with Gasteiger partial charge in [-0.2, -0.15) is 0 Å². The number of nitrogens with zero attached hydrogens (tertiary/aromatic N) is 1. The largest absolute Gasteiger partial charge is 0.395 e. The third kappa shape index (κ3) is 3.66. The van der Waals surface area contributed by atoms with Gasteiger partial charge in [0.1, 0.15) is 0 Å². The highest BCUT2D eigenvalue weighted by Gasteiger charge is 2.41. The maximum absolute atomic E-state index is 12.0. The minimum atomic E-state index is -0.161. The molecule has 0 spiro atoms. The smallest absolute Gasteiger partial charge is 0.237 e. The van der Waals surface area contributed by atoms with Gasteiger partial charge < -0.3 is 15.2 Å². The number of hydrogen-bond donors (Lipinski definition) is 2. The molecule has 1 amide bonds. The molecule has 0 saturated carbocycles. The molecule has 1 aliphatic heterocycles. The van der Waals surface area contributed by atoms with Crippen LogP contribution in [0.4, 0.5) is 0 Å². The van der Waals surface area contributed by atoms with Gasteiger partial charge in [-0.15, -0.1) is 0 Å². The molecule has 100 valence electrons. The van der Waals surface area contributed by atoms with Crippen LogP contribution in [-0.4, -0.2) is 60.4 Å². The van der Waals surface area contributed by atoms with E-state index in [1.54, 1.807) is 7.11 Å². The van der Waals surface area contributed by atoms with Crippen molar-refractivity contribution < 1.29 is 14.6 Å². The van der Waals surface area contributed by atoms with Gasteiger partial charge >= 0.3 is 0 Å². The van der Waals surface area contributed by atoms with Crippen molar-refractivity contribution in [1.82, 2.24) is 10.2 Å². The van der Waals surface area contributed by atoms with Gasteiger partial charge in [0, 0.05) is 25.7 Å². The van der Waals surface area contributed by atoms with E-state index in [1.807, 2.05) is 0 Å². The normalized spacial score (nSPS) is 26.2. The Hall–Kier alpha value is -0.650. The highest BCUT2D eigenvalue weighted by molar-refractivity contribution is 5.82. The number of likely N-dealkylation sites (tertiary alicyclic amines) is 1. The van der Waals surface area contributed by atoms with Gasteiger partial charge in [-0.3, -0.25) is 9.69 Å². The second-order valence-electron chi connectivity index (χ2n) is 5.45. The zero-order valence-corrected chi connectivity index (χ0v) is 11.2. The number of ether oxygens (including phenoxy) is 1. The summed E-state index contributed by atoms with van der Waals surface area (Å²) >= 11 is 0. The van der Waals surface area contributed by atoms with E-state index >= 15 is 0 Å². The first kappa shape index (κ1) is 14.4. The number of aliphatic hydroxyl groups excluding tert-OH is 1. The van der Waals surface area contributed by atoms with E-state index in [-0.39, 0.29) is 30.2 Å². The summed E-state index contributed by atoms with van der Waals surface area (Å²) in [4.78, 5) is 14.2. The molecule has 2 atom stereocenters. The summed E-state index contributed by atoms with van der Waals surface area (Å²) in [7, 11) is 1.68. The standard InChI is InChI=1S/C12H24N2O3/c1-12(2,3)14-8-9(17-4)7-10(14)11(16)13-5-6-15/h9-10,15H,5-8H2,1-4H3,(H,13,16). The Morgan fingerprint density at radius 3 is 2.65 bits per heavy atom. The number of methoxy groups -OCH3 is 1. The number of amides is 1. The number of rotatable bonds is 4. The Morgan fingerprint density at radius 2 is 2.18 bits per heavy atom. The number of aliphatic hydroxyl groups is 1. The monoisotopic (exact) mass is 244 g/mol. The lowest BCUT2D eigenvalue weighted by molar-refractivity contribution is -0.127. The first-order valence-corrected chi connectivity index (χ1v) is 6.08. The summed E-state index contributed by atoms with van der Waals surface area (Å²) in [5.41, 5.74) is -0.0610. The fraction of sp³-hybridized carbons (Fsp3) is 0.917. The Bertz CT molecular complexity index is 263. The van der Waals surface area contributed by atoms with Crippen molar-refractivity contribution in [3.63, 3.8) is 0 Å². The van der Waals surface area contributed by atoms with E-state index in [0.29, 0.717) is 13.0 Å². The number of nitrogens with one attached hydrogen (secondary N) is 1. The molecule has 1 rings (SSSR count). The van der Waals surface area contributed by atoms with E-state index in [0.717, 1.165) is 6.54 Å². The second-order valence-corrected chi connectivity index (χ2v) is 5.45. The van der Waals surface area contributed by atoms with Gasteiger partial charge in [0.25, 0.3) is 0 Å². The van der Waals surface area contributed by atoms with Crippen molar-refractivity contribution in [1.29, 1.82) is 0 Å². The number of hydrogen-bond acceptors (Lipinski definition) is 4. The molecule has 1 aliphatic rings. The molecular formula is C12H24N2O3. The van der Waals surface area contributed by atoms with E-state index < -0.39 is 0 Å². The van der Waals surface area contributed by atoms with E-state index in [2.05, 4.69) is 31.0 Å². The lowest BCUT2D eigenvalue weighted by Crippen LogP contribution is -2.51. The molecule has 0 aromatic rings. The summed E-state index contributed by atoms with van der Waals surface area (Å²) < 4.78 is 5.35. The zero-order valence-electron chi connectivity index (χ0n) is 11.2. The quantitative estimate of drug-likeness (QED) is 0.730. The van der Waals surface area contributed by atoms with Crippen LogP contribution < -0.4 is 5.32 Å². The number of carbonyl (C=O) groups is 1. The minimum Gasteiger partial charge on any atom is -0.395 e. The summed E-state index contributed by atoms with van der Waals surface area (Å²) in [6.07, 6.45) is 0.824. The third-order valence-electron chi connectivity index (χ3n) is 3.17. The predicted octanol–water partition coefficient (Wildman–Crippen LogP) is -0.0173. The van der Waals surface area contributed by atoms with E-state index in [9.17, 15) is 4.79 Å².